The van der Waals surface area contributed by atoms with Gasteiger partial charge in [0.25, 0.3) is 0 Å². The Morgan fingerprint density at radius 3 is 2.19 bits per heavy atom. The molecule has 4 heteroatoms. The van der Waals surface area contributed by atoms with Crippen molar-refractivity contribution in [3.05, 3.63) is 53.9 Å². The van der Waals surface area contributed by atoms with Gasteiger partial charge in [-0.3, -0.25) is 4.98 Å². The number of hydrogen-bond donors (Lipinski definition) is 1. The molecule has 0 aliphatic rings. The number of benzene rings is 1. The minimum absolute atomic E-state index is 0.187. The number of pyridine rings is 1. The summed E-state index contributed by atoms with van der Waals surface area (Å²) in [4.78, 5) is 4.08. The van der Waals surface area contributed by atoms with Crippen molar-refractivity contribution < 1.29 is 9.47 Å². The van der Waals surface area contributed by atoms with Crippen LogP contribution >= 0.6 is 0 Å². The average Bonchev–Trinajstić information content (AvgIpc) is 2.56. The topological polar surface area (TPSA) is 43.4 Å². The summed E-state index contributed by atoms with van der Waals surface area (Å²) in [7, 11) is 5.27. The number of nitrogens with zero attached hydrogens (tertiary/aromatic N) is 1. The molecule has 0 bridgehead atoms. The molecule has 2 unspecified atom stereocenters. The first kappa shape index (κ1) is 15.3. The van der Waals surface area contributed by atoms with Gasteiger partial charge in [0.1, 0.15) is 0 Å². The van der Waals surface area contributed by atoms with Crippen molar-refractivity contribution in [1.29, 1.82) is 0 Å². The van der Waals surface area contributed by atoms with E-state index in [1.165, 1.54) is 11.1 Å². The second-order valence-electron chi connectivity index (χ2n) is 4.95. The molecule has 21 heavy (non-hydrogen) atoms. The van der Waals surface area contributed by atoms with E-state index in [2.05, 4.69) is 35.4 Å². The standard InChI is InChI=1S/C17H22N2O2/c1-12(13-7-9-19-10-8-13)17(18-2)14-5-6-15(20-3)16(11-14)21-4/h5-12,17-18H,1-4H3. The number of hydrogen-bond acceptors (Lipinski definition) is 4. The highest BCUT2D eigenvalue weighted by atomic mass is 16.5. The number of methoxy groups -OCH3 is 2. The Morgan fingerprint density at radius 2 is 1.62 bits per heavy atom. The molecule has 1 aromatic carbocycles. The highest BCUT2D eigenvalue weighted by Gasteiger charge is 2.20. The van der Waals surface area contributed by atoms with Crippen LogP contribution in [0.3, 0.4) is 0 Å². The molecule has 0 aliphatic heterocycles. The SMILES string of the molecule is CNC(c1ccc(OC)c(OC)c1)C(C)c1ccncc1. The molecule has 1 aromatic heterocycles. The van der Waals surface area contributed by atoms with E-state index < -0.39 is 0 Å². The van der Waals surface area contributed by atoms with Crippen LogP contribution in [0.25, 0.3) is 0 Å². The highest BCUT2D eigenvalue weighted by molar-refractivity contribution is 5.44. The molecule has 0 radical (unpaired) electrons. The Labute approximate surface area is 126 Å². The molecule has 2 rings (SSSR count). The van der Waals surface area contributed by atoms with E-state index in [4.69, 9.17) is 9.47 Å². The van der Waals surface area contributed by atoms with Crippen LogP contribution in [0, 0.1) is 0 Å². The van der Waals surface area contributed by atoms with Crippen LogP contribution in [0.5, 0.6) is 11.5 Å². The van der Waals surface area contributed by atoms with E-state index in [1.54, 1.807) is 14.2 Å². The van der Waals surface area contributed by atoms with Crippen molar-refractivity contribution in [1.82, 2.24) is 10.3 Å². The van der Waals surface area contributed by atoms with Gasteiger partial charge in [0.2, 0.25) is 0 Å². The van der Waals surface area contributed by atoms with Crippen LogP contribution in [0.15, 0.2) is 42.7 Å². The molecular formula is C17H22N2O2. The zero-order valence-corrected chi connectivity index (χ0v) is 13.0. The maximum Gasteiger partial charge on any atom is 0.161 e. The minimum atomic E-state index is 0.187. The molecule has 2 aromatic rings. The van der Waals surface area contributed by atoms with Gasteiger partial charge in [-0.2, -0.15) is 0 Å². The van der Waals surface area contributed by atoms with Gasteiger partial charge in [0.15, 0.2) is 11.5 Å². The quantitative estimate of drug-likeness (QED) is 0.886. The number of rotatable bonds is 6. The summed E-state index contributed by atoms with van der Waals surface area (Å²) < 4.78 is 10.7. The largest absolute Gasteiger partial charge is 0.493 e. The van der Waals surface area contributed by atoms with Gasteiger partial charge < -0.3 is 14.8 Å². The predicted octanol–water partition coefficient (Wildman–Crippen LogP) is 3.16. The summed E-state index contributed by atoms with van der Waals surface area (Å²) in [6, 6.07) is 10.3. The van der Waals surface area contributed by atoms with Crippen molar-refractivity contribution in [3.8, 4) is 11.5 Å². The number of ether oxygens (including phenoxy) is 2. The Hall–Kier alpha value is -2.07. The molecule has 0 saturated heterocycles. The van der Waals surface area contributed by atoms with E-state index in [0.717, 1.165) is 11.5 Å². The van der Waals surface area contributed by atoms with Gasteiger partial charge in [0.05, 0.1) is 14.2 Å². The lowest BCUT2D eigenvalue weighted by molar-refractivity contribution is 0.353. The molecular weight excluding hydrogens is 264 g/mol. The molecule has 0 fully saturated rings. The maximum absolute atomic E-state index is 5.39. The zero-order valence-electron chi connectivity index (χ0n) is 13.0. The van der Waals surface area contributed by atoms with E-state index >= 15 is 0 Å². The summed E-state index contributed by atoms with van der Waals surface area (Å²) in [6.45, 7) is 2.20. The monoisotopic (exact) mass is 286 g/mol. The van der Waals surface area contributed by atoms with Crippen LogP contribution in [0.1, 0.15) is 30.0 Å². The summed E-state index contributed by atoms with van der Waals surface area (Å²) >= 11 is 0. The lowest BCUT2D eigenvalue weighted by atomic mass is 9.89. The highest BCUT2D eigenvalue weighted by Crippen LogP contribution is 2.35. The van der Waals surface area contributed by atoms with Crippen LogP contribution < -0.4 is 14.8 Å². The Morgan fingerprint density at radius 1 is 0.952 bits per heavy atom. The number of aromatic nitrogens is 1. The van der Waals surface area contributed by atoms with E-state index in [0.29, 0.717) is 5.92 Å². The first-order valence-corrected chi connectivity index (χ1v) is 7.00. The van der Waals surface area contributed by atoms with Gasteiger partial charge >= 0.3 is 0 Å². The van der Waals surface area contributed by atoms with Crippen molar-refractivity contribution in [2.24, 2.45) is 0 Å². The number of likely N-dealkylation sites (N-methyl/N-ethyl adjacent to an activating group) is 1. The lowest BCUT2D eigenvalue weighted by Crippen LogP contribution is -2.22. The second-order valence-corrected chi connectivity index (χ2v) is 4.95. The molecule has 0 saturated carbocycles. The predicted molar refractivity (Wildman–Crippen MR) is 84.0 cm³/mol. The third kappa shape index (κ3) is 3.34. The van der Waals surface area contributed by atoms with Gasteiger partial charge in [-0.1, -0.05) is 13.0 Å². The first-order chi connectivity index (χ1) is 10.2. The summed E-state index contributed by atoms with van der Waals surface area (Å²) in [5.74, 6) is 1.81. The van der Waals surface area contributed by atoms with Gasteiger partial charge in [-0.15, -0.1) is 0 Å². The second kappa shape index (κ2) is 7.09. The fourth-order valence-corrected chi connectivity index (χ4v) is 2.61. The molecule has 0 amide bonds. The molecule has 1 heterocycles. The first-order valence-electron chi connectivity index (χ1n) is 7.00. The normalized spacial score (nSPS) is 13.5. The van der Waals surface area contributed by atoms with E-state index in [9.17, 15) is 0 Å². The summed E-state index contributed by atoms with van der Waals surface area (Å²) in [5.41, 5.74) is 2.42. The molecule has 0 spiro atoms. The maximum atomic E-state index is 5.39. The third-order valence-electron chi connectivity index (χ3n) is 3.81. The zero-order chi connectivity index (χ0) is 15.2. The molecule has 0 aliphatic carbocycles. The molecule has 1 N–H and O–H groups in total. The van der Waals surface area contributed by atoms with Crippen LogP contribution in [0.4, 0.5) is 0 Å². The van der Waals surface area contributed by atoms with Crippen LogP contribution in [0.2, 0.25) is 0 Å². The fourth-order valence-electron chi connectivity index (χ4n) is 2.61. The van der Waals surface area contributed by atoms with Crippen molar-refractivity contribution in [2.45, 2.75) is 18.9 Å². The van der Waals surface area contributed by atoms with Crippen molar-refractivity contribution in [2.75, 3.05) is 21.3 Å². The number of nitrogens with one attached hydrogen (secondary N) is 1. The molecule has 4 nitrogen and oxygen atoms in total. The smallest absolute Gasteiger partial charge is 0.161 e. The minimum Gasteiger partial charge on any atom is -0.493 e. The fraction of sp³-hybridized carbons (Fsp3) is 0.353. The van der Waals surface area contributed by atoms with Crippen molar-refractivity contribution >= 4 is 0 Å². The Balaban J connectivity index is 2.33. The van der Waals surface area contributed by atoms with Gasteiger partial charge in [-0.25, -0.2) is 0 Å². The van der Waals surface area contributed by atoms with E-state index in [-0.39, 0.29) is 6.04 Å². The van der Waals surface area contributed by atoms with Crippen LogP contribution in [-0.2, 0) is 0 Å². The Bertz CT molecular complexity index is 572. The Kier molecular flexibility index (Phi) is 5.17. The molecule has 2 atom stereocenters. The van der Waals surface area contributed by atoms with E-state index in [1.807, 2.05) is 31.6 Å². The molecule has 112 valence electrons. The average molecular weight is 286 g/mol. The summed E-state index contributed by atoms with van der Waals surface area (Å²) in [6.07, 6.45) is 3.65. The summed E-state index contributed by atoms with van der Waals surface area (Å²) in [5, 5.41) is 3.39. The van der Waals surface area contributed by atoms with Crippen LogP contribution in [-0.4, -0.2) is 26.3 Å². The van der Waals surface area contributed by atoms with Crippen molar-refractivity contribution in [3.63, 3.8) is 0 Å². The third-order valence-corrected chi connectivity index (χ3v) is 3.81. The lowest BCUT2D eigenvalue weighted by Gasteiger charge is -2.25. The van der Waals surface area contributed by atoms with Gasteiger partial charge in [0, 0.05) is 24.4 Å². The van der Waals surface area contributed by atoms with Gasteiger partial charge in [-0.05, 0) is 42.4 Å².